The Bertz CT molecular complexity index is 1110. The number of fused-ring (bicyclic) bond motifs is 2. The lowest BCUT2D eigenvalue weighted by molar-refractivity contribution is 0.171. The van der Waals surface area contributed by atoms with E-state index in [4.69, 9.17) is 9.47 Å². The smallest absolute Gasteiger partial charge is 0.255 e. The predicted molar refractivity (Wildman–Crippen MR) is 102 cm³/mol. The molecule has 0 atom stereocenters. The van der Waals surface area contributed by atoms with Crippen molar-refractivity contribution < 1.29 is 9.47 Å². The SMILES string of the molecule is Cc1cc2c(NCc3ccc4c(c3)OCCO4)nc(-n3cncn3)nc2s1. The quantitative estimate of drug-likeness (QED) is 0.582. The maximum Gasteiger partial charge on any atom is 0.255 e. The van der Waals surface area contributed by atoms with E-state index in [0.717, 1.165) is 33.1 Å². The molecule has 4 heterocycles. The highest BCUT2D eigenvalue weighted by atomic mass is 32.1. The number of aryl methyl sites for hydroxylation is 1. The maximum atomic E-state index is 5.66. The number of hydrogen-bond donors (Lipinski definition) is 1. The van der Waals surface area contributed by atoms with Gasteiger partial charge < -0.3 is 14.8 Å². The predicted octanol–water partition coefficient (Wildman–Crippen LogP) is 2.96. The molecular weight excluding hydrogens is 364 g/mol. The molecule has 0 amide bonds. The summed E-state index contributed by atoms with van der Waals surface area (Å²) < 4.78 is 12.8. The fraction of sp³-hybridized carbons (Fsp3) is 0.222. The van der Waals surface area contributed by atoms with Crippen molar-refractivity contribution in [3.8, 4) is 17.4 Å². The largest absolute Gasteiger partial charge is 0.486 e. The topological polar surface area (TPSA) is 87.0 Å². The van der Waals surface area contributed by atoms with Gasteiger partial charge in [-0.1, -0.05) is 6.07 Å². The van der Waals surface area contributed by atoms with E-state index in [0.29, 0.717) is 25.7 Å². The zero-order valence-electron chi connectivity index (χ0n) is 14.5. The van der Waals surface area contributed by atoms with Gasteiger partial charge in [-0.05, 0) is 30.7 Å². The highest BCUT2D eigenvalue weighted by Crippen LogP contribution is 2.32. The van der Waals surface area contributed by atoms with Crippen LogP contribution in [0.2, 0.25) is 0 Å². The fourth-order valence-corrected chi connectivity index (χ4v) is 3.84. The van der Waals surface area contributed by atoms with Crippen LogP contribution in [0, 0.1) is 6.92 Å². The first kappa shape index (κ1) is 16.0. The molecule has 5 rings (SSSR count). The molecule has 0 fully saturated rings. The van der Waals surface area contributed by atoms with E-state index in [1.807, 2.05) is 18.2 Å². The van der Waals surface area contributed by atoms with Crippen LogP contribution in [0.15, 0.2) is 36.9 Å². The summed E-state index contributed by atoms with van der Waals surface area (Å²) >= 11 is 1.63. The monoisotopic (exact) mass is 380 g/mol. The molecule has 0 bridgehead atoms. The molecule has 9 heteroatoms. The summed E-state index contributed by atoms with van der Waals surface area (Å²) in [6, 6.07) is 8.06. The van der Waals surface area contributed by atoms with E-state index in [-0.39, 0.29) is 0 Å². The van der Waals surface area contributed by atoms with Crippen LogP contribution >= 0.6 is 11.3 Å². The summed E-state index contributed by atoms with van der Waals surface area (Å²) in [6.45, 7) is 3.83. The summed E-state index contributed by atoms with van der Waals surface area (Å²) in [5.41, 5.74) is 1.08. The molecule has 0 saturated heterocycles. The fourth-order valence-electron chi connectivity index (χ4n) is 2.96. The van der Waals surface area contributed by atoms with Crippen LogP contribution in [0.3, 0.4) is 0 Å². The minimum absolute atomic E-state index is 0.492. The number of hydrogen-bond acceptors (Lipinski definition) is 8. The Morgan fingerprint density at radius 1 is 1.15 bits per heavy atom. The molecule has 0 radical (unpaired) electrons. The molecule has 0 spiro atoms. The van der Waals surface area contributed by atoms with E-state index >= 15 is 0 Å². The Morgan fingerprint density at radius 3 is 2.89 bits per heavy atom. The number of nitrogens with one attached hydrogen (secondary N) is 1. The van der Waals surface area contributed by atoms with Crippen molar-refractivity contribution >= 4 is 27.4 Å². The first-order chi connectivity index (χ1) is 13.3. The lowest BCUT2D eigenvalue weighted by Gasteiger charge is -2.19. The second-order valence-electron chi connectivity index (χ2n) is 6.12. The summed E-state index contributed by atoms with van der Waals surface area (Å²) in [5, 5.41) is 8.56. The zero-order valence-corrected chi connectivity index (χ0v) is 15.4. The van der Waals surface area contributed by atoms with Crippen molar-refractivity contribution in [2.24, 2.45) is 0 Å². The average molecular weight is 380 g/mol. The number of ether oxygens (including phenoxy) is 2. The van der Waals surface area contributed by atoms with Crippen LogP contribution in [0.5, 0.6) is 11.5 Å². The van der Waals surface area contributed by atoms with Gasteiger partial charge in [0.25, 0.3) is 5.95 Å². The number of thiophene rings is 1. The van der Waals surface area contributed by atoms with Crippen molar-refractivity contribution in [1.29, 1.82) is 0 Å². The van der Waals surface area contributed by atoms with E-state index < -0.39 is 0 Å². The molecule has 27 heavy (non-hydrogen) atoms. The number of nitrogens with zero attached hydrogens (tertiary/aromatic N) is 5. The lowest BCUT2D eigenvalue weighted by atomic mass is 10.2. The number of benzene rings is 1. The van der Waals surface area contributed by atoms with Crippen LogP contribution in [0.25, 0.3) is 16.2 Å². The van der Waals surface area contributed by atoms with Crippen LogP contribution < -0.4 is 14.8 Å². The van der Waals surface area contributed by atoms with Gasteiger partial charge in [0.2, 0.25) is 0 Å². The summed E-state index contributed by atoms with van der Waals surface area (Å²) in [7, 11) is 0. The molecular formula is C18H16N6O2S. The molecule has 3 aromatic heterocycles. The molecule has 1 N–H and O–H groups in total. The molecule has 1 aromatic carbocycles. The summed E-state index contributed by atoms with van der Waals surface area (Å²) in [5.74, 6) is 2.83. The van der Waals surface area contributed by atoms with Crippen LogP contribution in [0.4, 0.5) is 5.82 Å². The van der Waals surface area contributed by atoms with E-state index in [2.05, 4.69) is 38.4 Å². The molecule has 0 aliphatic carbocycles. The number of rotatable bonds is 4. The maximum absolute atomic E-state index is 5.66. The molecule has 1 aliphatic rings. The highest BCUT2D eigenvalue weighted by molar-refractivity contribution is 7.18. The third-order valence-electron chi connectivity index (χ3n) is 4.19. The Labute approximate surface area is 158 Å². The van der Waals surface area contributed by atoms with Gasteiger partial charge in [-0.25, -0.2) is 4.98 Å². The highest BCUT2D eigenvalue weighted by Gasteiger charge is 2.14. The Balaban J connectivity index is 1.47. The molecule has 8 nitrogen and oxygen atoms in total. The van der Waals surface area contributed by atoms with Gasteiger partial charge in [0.15, 0.2) is 11.5 Å². The van der Waals surface area contributed by atoms with E-state index in [1.54, 1.807) is 22.3 Å². The standard InChI is InChI=1S/C18H16N6O2S/c1-11-6-13-16(22-18(23-17(13)27-11)24-10-19-9-21-24)20-8-12-2-3-14-15(7-12)26-5-4-25-14/h2-3,6-7,9-10H,4-5,8H2,1H3,(H,20,22,23). The second-order valence-corrected chi connectivity index (χ2v) is 7.35. The van der Waals surface area contributed by atoms with Crippen molar-refractivity contribution in [2.45, 2.75) is 13.5 Å². The first-order valence-electron chi connectivity index (χ1n) is 8.52. The third kappa shape index (κ3) is 3.06. The first-order valence-corrected chi connectivity index (χ1v) is 9.33. The lowest BCUT2D eigenvalue weighted by Crippen LogP contribution is -2.15. The van der Waals surface area contributed by atoms with E-state index in [9.17, 15) is 0 Å². The minimum atomic E-state index is 0.492. The Kier molecular flexibility index (Phi) is 3.86. The normalized spacial score (nSPS) is 13.1. The summed E-state index contributed by atoms with van der Waals surface area (Å²) in [4.78, 5) is 15.3. The van der Waals surface area contributed by atoms with Gasteiger partial charge in [-0.15, -0.1) is 11.3 Å². The molecule has 0 saturated carbocycles. The zero-order chi connectivity index (χ0) is 18.2. The average Bonchev–Trinajstić information content (AvgIpc) is 3.34. The Morgan fingerprint density at radius 2 is 2.04 bits per heavy atom. The molecule has 0 unspecified atom stereocenters. The Hall–Kier alpha value is -3.20. The van der Waals surface area contributed by atoms with Crippen LogP contribution in [-0.4, -0.2) is 37.9 Å². The van der Waals surface area contributed by atoms with Gasteiger partial charge in [-0.3, -0.25) is 0 Å². The molecule has 1 aliphatic heterocycles. The van der Waals surface area contributed by atoms with Crippen LogP contribution in [-0.2, 0) is 6.54 Å². The second kappa shape index (κ2) is 6.51. The molecule has 4 aromatic rings. The van der Waals surface area contributed by atoms with E-state index in [1.165, 1.54) is 11.2 Å². The van der Waals surface area contributed by atoms with Crippen molar-refractivity contribution in [3.63, 3.8) is 0 Å². The van der Waals surface area contributed by atoms with Gasteiger partial charge in [-0.2, -0.15) is 19.7 Å². The van der Waals surface area contributed by atoms with Crippen molar-refractivity contribution in [2.75, 3.05) is 18.5 Å². The number of anilines is 1. The van der Waals surface area contributed by atoms with Gasteiger partial charge in [0.05, 0.1) is 5.39 Å². The third-order valence-corrected chi connectivity index (χ3v) is 5.14. The summed E-state index contributed by atoms with van der Waals surface area (Å²) in [6.07, 6.45) is 3.06. The van der Waals surface area contributed by atoms with Crippen molar-refractivity contribution in [3.05, 3.63) is 47.4 Å². The minimum Gasteiger partial charge on any atom is -0.486 e. The van der Waals surface area contributed by atoms with Gasteiger partial charge in [0, 0.05) is 11.4 Å². The number of aromatic nitrogens is 5. The van der Waals surface area contributed by atoms with Gasteiger partial charge >= 0.3 is 0 Å². The van der Waals surface area contributed by atoms with Gasteiger partial charge in [0.1, 0.15) is 36.5 Å². The molecule has 136 valence electrons. The van der Waals surface area contributed by atoms with Crippen molar-refractivity contribution in [1.82, 2.24) is 24.7 Å². The van der Waals surface area contributed by atoms with Crippen LogP contribution in [0.1, 0.15) is 10.4 Å².